The van der Waals surface area contributed by atoms with Crippen LogP contribution in [-0.2, 0) is 0 Å². The van der Waals surface area contributed by atoms with Crippen molar-refractivity contribution >= 4 is 71.7 Å². The van der Waals surface area contributed by atoms with Crippen LogP contribution in [0.3, 0.4) is 0 Å². The van der Waals surface area contributed by atoms with E-state index in [0.717, 1.165) is 42.9 Å². The molecule has 40 heavy (non-hydrogen) atoms. The maximum absolute atomic E-state index is 5.15. The van der Waals surface area contributed by atoms with Crippen molar-refractivity contribution in [3.63, 3.8) is 0 Å². The minimum absolute atomic E-state index is 0.611. The molecule has 8 rings (SSSR count). The van der Waals surface area contributed by atoms with Gasteiger partial charge in [0.25, 0.3) is 0 Å². The monoisotopic (exact) mass is 710 g/mol. The predicted octanol–water partition coefficient (Wildman–Crippen LogP) is 6.90. The zero-order chi connectivity index (χ0) is 26.8. The number of rotatable bonds is 3. The molecule has 0 amide bonds. The summed E-state index contributed by atoms with van der Waals surface area (Å²) in [7, 11) is 0. The Morgan fingerprint density at radius 3 is 1.50 bits per heavy atom. The van der Waals surface area contributed by atoms with Gasteiger partial charge in [0.15, 0.2) is 0 Å². The second-order valence-electron chi connectivity index (χ2n) is 10.2. The quantitative estimate of drug-likeness (QED) is 0.187. The van der Waals surface area contributed by atoms with Gasteiger partial charge in [-0.25, -0.2) is 0 Å². The van der Waals surface area contributed by atoms with Gasteiger partial charge in [0.05, 0.1) is 0 Å². The zero-order valence-corrected chi connectivity index (χ0v) is 26.4. The van der Waals surface area contributed by atoms with Gasteiger partial charge in [-0.1, -0.05) is 0 Å². The summed E-state index contributed by atoms with van der Waals surface area (Å²) in [5.74, 6) is 0.785. The van der Waals surface area contributed by atoms with Crippen LogP contribution in [0, 0.1) is 6.92 Å². The molecule has 0 aliphatic carbocycles. The van der Waals surface area contributed by atoms with Crippen LogP contribution in [0.5, 0.6) is 0 Å². The molecule has 0 saturated heterocycles. The topological polar surface area (TPSA) is 35.6 Å². The van der Waals surface area contributed by atoms with Crippen molar-refractivity contribution in [2.45, 2.75) is 6.92 Å². The number of benzene rings is 5. The Bertz CT molecular complexity index is 2080. The number of hydrogen-bond acceptors (Lipinski definition) is 2. The molecule has 0 N–H and O–H groups in total. The van der Waals surface area contributed by atoms with Crippen LogP contribution in [0.1, 0.15) is 5.69 Å². The normalized spacial score (nSPS) is 11.8. The van der Waals surface area contributed by atoms with Gasteiger partial charge in [-0.15, -0.1) is 0 Å². The summed E-state index contributed by atoms with van der Waals surface area (Å²) in [5.41, 5.74) is 8.93. The predicted molar refractivity (Wildman–Crippen MR) is 169 cm³/mol. The molecule has 0 aliphatic rings. The van der Waals surface area contributed by atoms with E-state index in [4.69, 9.17) is 9.97 Å². The minimum atomic E-state index is 0.611. The fourth-order valence-electron chi connectivity index (χ4n) is 6.18. The van der Waals surface area contributed by atoms with E-state index in [0.29, 0.717) is 24.7 Å². The molecule has 8 aromatic rings. The van der Waals surface area contributed by atoms with E-state index in [-0.39, 0.29) is 0 Å². The first-order valence-electron chi connectivity index (χ1n) is 13.4. The fraction of sp³-hybridized carbons (Fsp3) is 0.0286. The molecule has 5 aromatic carbocycles. The molecule has 0 radical (unpaired) electrons. The Morgan fingerprint density at radius 2 is 1.00 bits per heavy atom. The van der Waals surface area contributed by atoms with Gasteiger partial charge in [-0.2, -0.15) is 0 Å². The van der Waals surface area contributed by atoms with Gasteiger partial charge in [0.1, 0.15) is 0 Å². The number of para-hydroxylation sites is 4. The molecule has 0 spiro atoms. The van der Waals surface area contributed by atoms with Gasteiger partial charge in [0.2, 0.25) is 0 Å². The van der Waals surface area contributed by atoms with Crippen molar-refractivity contribution in [1.29, 1.82) is 0 Å². The van der Waals surface area contributed by atoms with Gasteiger partial charge >= 0.3 is 248 Å². The fourth-order valence-corrected chi connectivity index (χ4v) is 7.59. The molecule has 3 heterocycles. The van der Waals surface area contributed by atoms with Crippen LogP contribution in [0.4, 0.5) is 0 Å². The van der Waals surface area contributed by atoms with Crippen molar-refractivity contribution in [1.82, 2.24) is 19.1 Å². The van der Waals surface area contributed by atoms with Gasteiger partial charge in [-0.05, 0) is 0 Å². The van der Waals surface area contributed by atoms with E-state index in [1.54, 1.807) is 0 Å². The van der Waals surface area contributed by atoms with Crippen molar-refractivity contribution in [2.24, 2.45) is 0 Å². The van der Waals surface area contributed by atoms with Crippen molar-refractivity contribution in [2.75, 3.05) is 0 Å². The van der Waals surface area contributed by atoms with Crippen molar-refractivity contribution < 1.29 is 0 Å². The summed E-state index contributed by atoms with van der Waals surface area (Å²) < 4.78 is 5.91. The summed E-state index contributed by atoms with van der Waals surface area (Å²) in [5, 5.41) is 4.86. The summed E-state index contributed by atoms with van der Waals surface area (Å²) in [4.78, 5) is 10.3. The standard InChI is InChI=1S/C35H23N4.Bi.2H/c1-23-20-21-36-35(37-23)32-33-28(26-16-8-10-18-30(26)38(33)24-12-4-2-5-13-24)22-29-27-17-9-11-19-31(27)39(34(29)32)25-14-6-3-7-15-25;;;/h2-20,22H,1H3;;;. The average Bonchev–Trinajstić information content (AvgIpc) is 3.49. The van der Waals surface area contributed by atoms with Crippen LogP contribution >= 0.6 is 0 Å². The van der Waals surface area contributed by atoms with Crippen LogP contribution < -0.4 is 3.40 Å². The Morgan fingerprint density at radius 1 is 0.525 bits per heavy atom. The molecule has 5 heteroatoms. The number of aryl methyl sites for hydroxylation is 1. The van der Waals surface area contributed by atoms with E-state index in [1.165, 1.54) is 32.6 Å². The van der Waals surface area contributed by atoms with Gasteiger partial charge in [0, 0.05) is 0 Å². The van der Waals surface area contributed by atoms with E-state index in [9.17, 15) is 0 Å². The first kappa shape index (κ1) is 23.5. The van der Waals surface area contributed by atoms with Crippen LogP contribution in [0.25, 0.3) is 66.4 Å². The first-order valence-corrected chi connectivity index (χ1v) is 15.6. The molecular weight excluding hydrogens is 685 g/mol. The summed E-state index contributed by atoms with van der Waals surface area (Å²) in [6.45, 7) is 2.08. The van der Waals surface area contributed by atoms with E-state index in [1.807, 2.05) is 0 Å². The third kappa shape index (κ3) is 3.47. The number of hydrogen-bond donors (Lipinski definition) is 0. The summed E-state index contributed by atoms with van der Waals surface area (Å²) >= 11 is 0.611. The van der Waals surface area contributed by atoms with Crippen LogP contribution in [0.15, 0.2) is 121 Å². The van der Waals surface area contributed by atoms with E-state index < -0.39 is 0 Å². The molecule has 4 nitrogen and oxygen atoms in total. The SMILES string of the molecule is Cc1c[c]([BiH2])nc(-c2c3c(cc4c5ccccc5n(-c5ccccc5)c24)c2ccccc2n3-c2ccccc2)n1. The molecule has 190 valence electrons. The molecule has 0 bridgehead atoms. The third-order valence-corrected chi connectivity index (χ3v) is 8.87. The number of aromatic nitrogens is 4. The average molecular weight is 711 g/mol. The molecule has 3 aromatic heterocycles. The van der Waals surface area contributed by atoms with Crippen LogP contribution in [0.2, 0.25) is 0 Å². The van der Waals surface area contributed by atoms with Crippen LogP contribution in [-0.4, -0.2) is 43.8 Å². The Kier molecular flexibility index (Phi) is 5.36. The molecule has 0 atom stereocenters. The van der Waals surface area contributed by atoms with E-state index in [2.05, 4.69) is 137 Å². The van der Waals surface area contributed by atoms with Crippen molar-refractivity contribution in [3.8, 4) is 22.8 Å². The number of nitrogens with zero attached hydrogens (tertiary/aromatic N) is 4. The molecular formula is C35H25BiN4. The maximum atomic E-state index is 5.15. The molecule has 0 unspecified atom stereocenters. The molecule has 0 saturated carbocycles. The number of fused-ring (bicyclic) bond motifs is 6. The Hall–Kier alpha value is -4.34. The summed E-state index contributed by atoms with van der Waals surface area (Å²) in [6, 6.07) is 43.2. The Labute approximate surface area is 246 Å². The molecule has 0 aliphatic heterocycles. The van der Waals surface area contributed by atoms with E-state index >= 15 is 0 Å². The van der Waals surface area contributed by atoms with Crippen molar-refractivity contribution in [3.05, 3.63) is 127 Å². The second-order valence-corrected chi connectivity index (χ2v) is 12.5. The summed E-state index contributed by atoms with van der Waals surface area (Å²) in [6.07, 6.45) is 0. The second kappa shape index (κ2) is 9.11. The third-order valence-electron chi connectivity index (χ3n) is 7.72. The zero-order valence-electron chi connectivity index (χ0n) is 21.9. The first-order chi connectivity index (χ1) is 19.7. The van der Waals surface area contributed by atoms with Gasteiger partial charge < -0.3 is 0 Å². The van der Waals surface area contributed by atoms with Gasteiger partial charge in [-0.3, -0.25) is 0 Å². The molecule has 0 fully saturated rings. The Balaban J connectivity index is 1.71.